The molecule has 2 heterocycles. The molecule has 0 radical (unpaired) electrons. The van der Waals surface area contributed by atoms with E-state index in [0.717, 1.165) is 16.7 Å². The minimum atomic E-state index is -0.775. The number of nitrogens with zero attached hydrogens (tertiary/aromatic N) is 2. The van der Waals surface area contributed by atoms with E-state index in [0.29, 0.717) is 11.5 Å². The van der Waals surface area contributed by atoms with Gasteiger partial charge >= 0.3 is 5.69 Å². The van der Waals surface area contributed by atoms with Crippen LogP contribution in [0, 0.1) is 13.8 Å². The van der Waals surface area contributed by atoms with E-state index in [1.54, 1.807) is 12.1 Å². The van der Waals surface area contributed by atoms with E-state index in [2.05, 4.69) is 4.98 Å². The maximum absolute atomic E-state index is 13.3. The van der Waals surface area contributed by atoms with Crippen LogP contribution >= 0.6 is 0 Å². The summed E-state index contributed by atoms with van der Waals surface area (Å²) in [5.41, 5.74) is 7.53. The second-order valence-electron chi connectivity index (χ2n) is 8.24. The number of H-pyrrole nitrogens is 1. The van der Waals surface area contributed by atoms with Crippen LogP contribution < -0.4 is 26.6 Å². The molecule has 0 unspecified atom stereocenters. The van der Waals surface area contributed by atoms with Gasteiger partial charge in [-0.3, -0.25) is 24.0 Å². The number of furan rings is 1. The first-order valence-electron chi connectivity index (χ1n) is 11.0. The second kappa shape index (κ2) is 10.2. The fourth-order valence-corrected chi connectivity index (χ4v) is 3.85. The van der Waals surface area contributed by atoms with E-state index in [1.807, 2.05) is 62.4 Å². The molecule has 0 saturated heterocycles. The Balaban J connectivity index is 1.70. The Kier molecular flexibility index (Phi) is 6.86. The third-order valence-electron chi connectivity index (χ3n) is 5.42. The lowest BCUT2D eigenvalue weighted by Crippen LogP contribution is -2.42. The van der Waals surface area contributed by atoms with Gasteiger partial charge in [0.15, 0.2) is 12.3 Å². The molecule has 0 aliphatic heterocycles. The Morgan fingerprint density at radius 2 is 1.77 bits per heavy atom. The number of aromatic amines is 1. The normalized spacial score (nSPS) is 10.8. The molecule has 0 bridgehead atoms. The average molecular weight is 475 g/mol. The predicted octanol–water partition coefficient (Wildman–Crippen LogP) is 2.99. The highest BCUT2D eigenvalue weighted by atomic mass is 16.5. The lowest BCUT2D eigenvalue weighted by Gasteiger charge is -2.24. The molecule has 9 nitrogen and oxygen atoms in total. The number of benzene rings is 2. The predicted molar refractivity (Wildman–Crippen MR) is 133 cm³/mol. The summed E-state index contributed by atoms with van der Waals surface area (Å²) in [6.45, 7) is 3.57. The number of ether oxygens (including phenoxy) is 1. The van der Waals surface area contributed by atoms with Crippen LogP contribution in [0.2, 0.25) is 0 Å². The molecule has 180 valence electrons. The summed E-state index contributed by atoms with van der Waals surface area (Å²) in [5.74, 6) is 0.311. The smallest absolute Gasteiger partial charge is 0.330 e. The molecule has 0 atom stereocenters. The Morgan fingerprint density at radius 1 is 1.06 bits per heavy atom. The summed E-state index contributed by atoms with van der Waals surface area (Å²) < 4.78 is 12.4. The first-order chi connectivity index (χ1) is 16.8. The van der Waals surface area contributed by atoms with Gasteiger partial charge in [-0.15, -0.1) is 0 Å². The van der Waals surface area contributed by atoms with Gasteiger partial charge in [-0.25, -0.2) is 4.79 Å². The van der Waals surface area contributed by atoms with Crippen LogP contribution in [0.3, 0.4) is 0 Å². The molecular formula is C26H26N4O5. The van der Waals surface area contributed by atoms with Gasteiger partial charge < -0.3 is 14.9 Å². The molecule has 4 aromatic rings. The van der Waals surface area contributed by atoms with E-state index < -0.39 is 17.2 Å². The summed E-state index contributed by atoms with van der Waals surface area (Å²) in [5, 5.41) is 0. The molecule has 3 N–H and O–H groups in total. The van der Waals surface area contributed by atoms with Crippen LogP contribution in [0.1, 0.15) is 22.5 Å². The quantitative estimate of drug-likeness (QED) is 0.405. The van der Waals surface area contributed by atoms with Gasteiger partial charge in [0, 0.05) is 0 Å². The zero-order valence-electron chi connectivity index (χ0n) is 19.5. The number of carbonyl (C=O) groups excluding carboxylic acids is 1. The third-order valence-corrected chi connectivity index (χ3v) is 5.42. The van der Waals surface area contributed by atoms with Crippen molar-refractivity contribution in [3.63, 3.8) is 0 Å². The molecule has 2 aromatic heterocycles. The van der Waals surface area contributed by atoms with Crippen LogP contribution in [0.5, 0.6) is 5.75 Å². The molecule has 4 rings (SSSR count). The van der Waals surface area contributed by atoms with Crippen molar-refractivity contribution in [3.8, 4) is 5.75 Å². The van der Waals surface area contributed by atoms with Crippen molar-refractivity contribution in [2.45, 2.75) is 26.9 Å². The minimum Gasteiger partial charge on any atom is -0.484 e. The monoisotopic (exact) mass is 474 g/mol. The van der Waals surface area contributed by atoms with Gasteiger partial charge in [0.05, 0.1) is 19.4 Å². The highest BCUT2D eigenvalue weighted by Crippen LogP contribution is 2.22. The van der Waals surface area contributed by atoms with Crippen LogP contribution in [0.25, 0.3) is 0 Å². The van der Waals surface area contributed by atoms with Gasteiger partial charge in [0.1, 0.15) is 17.3 Å². The van der Waals surface area contributed by atoms with Crippen molar-refractivity contribution in [2.75, 3.05) is 17.2 Å². The number of amides is 1. The zero-order chi connectivity index (χ0) is 24.9. The fourth-order valence-electron chi connectivity index (χ4n) is 3.85. The number of rotatable bonds is 8. The Hall–Kier alpha value is -4.53. The van der Waals surface area contributed by atoms with Gasteiger partial charge in [-0.05, 0) is 54.8 Å². The van der Waals surface area contributed by atoms with E-state index in [-0.39, 0.29) is 31.2 Å². The number of aryl methyl sites for hydroxylation is 2. The maximum atomic E-state index is 13.3. The summed E-state index contributed by atoms with van der Waals surface area (Å²) in [6, 6.07) is 18.2. The summed E-state index contributed by atoms with van der Waals surface area (Å²) in [6.07, 6.45) is 1.47. The molecule has 0 aliphatic rings. The second-order valence-corrected chi connectivity index (χ2v) is 8.24. The Bertz CT molecular complexity index is 1420. The third kappa shape index (κ3) is 5.52. The summed E-state index contributed by atoms with van der Waals surface area (Å²) >= 11 is 0. The molecule has 9 heteroatoms. The number of anilines is 2. The number of nitrogen functional groups attached to an aromatic ring is 1. The topological polar surface area (TPSA) is 124 Å². The molecule has 35 heavy (non-hydrogen) atoms. The van der Waals surface area contributed by atoms with Crippen LogP contribution in [-0.2, 0) is 17.9 Å². The van der Waals surface area contributed by atoms with Gasteiger partial charge in [-0.1, -0.05) is 36.4 Å². The average Bonchev–Trinajstić information content (AvgIpc) is 3.33. The molecule has 0 fully saturated rings. The molecule has 0 spiro atoms. The largest absolute Gasteiger partial charge is 0.484 e. The number of aromatic nitrogens is 2. The van der Waals surface area contributed by atoms with Crippen LogP contribution in [0.4, 0.5) is 11.5 Å². The number of hydrogen-bond donors (Lipinski definition) is 2. The molecule has 1 amide bonds. The first-order valence-corrected chi connectivity index (χ1v) is 11.0. The van der Waals surface area contributed by atoms with Gasteiger partial charge in [0.2, 0.25) is 0 Å². The van der Waals surface area contributed by atoms with E-state index in [9.17, 15) is 14.4 Å². The zero-order valence-corrected chi connectivity index (χ0v) is 19.5. The van der Waals surface area contributed by atoms with E-state index in [4.69, 9.17) is 14.9 Å². The number of nitrogens with two attached hydrogens (primary N) is 1. The van der Waals surface area contributed by atoms with E-state index >= 15 is 0 Å². The molecule has 2 aromatic carbocycles. The van der Waals surface area contributed by atoms with Crippen LogP contribution in [-0.4, -0.2) is 22.1 Å². The SMILES string of the molecule is Cc1cc(C)cc(OCC(=O)N(Cc2ccco2)c2c(N)n(Cc3ccccc3)c(=O)[nH]c2=O)c1. The highest BCUT2D eigenvalue weighted by molar-refractivity contribution is 5.96. The maximum Gasteiger partial charge on any atom is 0.330 e. The van der Waals surface area contributed by atoms with Crippen molar-refractivity contribution < 1.29 is 13.9 Å². The van der Waals surface area contributed by atoms with E-state index in [1.165, 1.54) is 15.7 Å². The lowest BCUT2D eigenvalue weighted by molar-refractivity contribution is -0.120. The van der Waals surface area contributed by atoms with Crippen molar-refractivity contribution in [2.24, 2.45) is 0 Å². The molecule has 0 aliphatic carbocycles. The molecule has 0 saturated carbocycles. The number of hydrogen-bond acceptors (Lipinski definition) is 6. The fraction of sp³-hybridized carbons (Fsp3) is 0.192. The lowest BCUT2D eigenvalue weighted by atomic mass is 10.1. The summed E-state index contributed by atoms with van der Waals surface area (Å²) in [4.78, 5) is 42.3. The van der Waals surface area contributed by atoms with Gasteiger partial charge in [0.25, 0.3) is 11.5 Å². The number of carbonyl (C=O) groups is 1. The molecular weight excluding hydrogens is 448 g/mol. The van der Waals surface area contributed by atoms with Crippen molar-refractivity contribution in [1.82, 2.24) is 9.55 Å². The number of nitrogens with one attached hydrogen (secondary N) is 1. The Labute approximate surface area is 201 Å². The van der Waals surface area contributed by atoms with Crippen molar-refractivity contribution in [3.05, 3.63) is 110 Å². The first kappa shape index (κ1) is 23.6. The van der Waals surface area contributed by atoms with Crippen molar-refractivity contribution >= 4 is 17.4 Å². The van der Waals surface area contributed by atoms with Crippen LogP contribution in [0.15, 0.2) is 80.9 Å². The minimum absolute atomic E-state index is 0.0706. The van der Waals surface area contributed by atoms with Gasteiger partial charge in [-0.2, -0.15) is 0 Å². The highest BCUT2D eigenvalue weighted by Gasteiger charge is 2.26. The standard InChI is InChI=1S/C26H26N4O5/c1-17-11-18(2)13-21(12-17)35-16-22(31)29(15-20-9-6-10-34-20)23-24(27)30(26(33)28-25(23)32)14-19-7-4-3-5-8-19/h3-13H,14-16,27H2,1-2H3,(H,28,32,33). The van der Waals surface area contributed by atoms with Crippen molar-refractivity contribution in [1.29, 1.82) is 0 Å². The Morgan fingerprint density at radius 3 is 2.43 bits per heavy atom. The summed E-state index contributed by atoms with van der Waals surface area (Å²) in [7, 11) is 0.